The summed E-state index contributed by atoms with van der Waals surface area (Å²) in [5.74, 6) is 0. The van der Waals surface area contributed by atoms with E-state index in [0.29, 0.717) is 9.85 Å². The summed E-state index contributed by atoms with van der Waals surface area (Å²) in [4.78, 5) is 0.341. The van der Waals surface area contributed by atoms with Crippen LogP contribution in [0.15, 0.2) is 12.1 Å². The third kappa shape index (κ3) is 1.80. The zero-order valence-corrected chi connectivity index (χ0v) is 9.88. The standard InChI is InChI=1S/C9H8BrCl2N/c10-6-1-2-13-8-4-5(11)3-7(12)9(6)8/h3-4,6,13H,1-2H2. The average Bonchev–Trinajstić information content (AvgIpc) is 2.02. The maximum atomic E-state index is 6.09. The average molecular weight is 281 g/mol. The smallest absolute Gasteiger partial charge is 0.0484 e. The fraction of sp³-hybridized carbons (Fsp3) is 0.333. The lowest BCUT2D eigenvalue weighted by Gasteiger charge is -2.23. The van der Waals surface area contributed by atoms with E-state index in [1.165, 1.54) is 0 Å². The van der Waals surface area contributed by atoms with Crippen molar-refractivity contribution in [2.45, 2.75) is 11.2 Å². The SMILES string of the molecule is Clc1cc(Cl)c2c(c1)NCCC2Br. The van der Waals surface area contributed by atoms with Crippen LogP contribution in [0.2, 0.25) is 10.0 Å². The van der Waals surface area contributed by atoms with Gasteiger partial charge < -0.3 is 5.32 Å². The van der Waals surface area contributed by atoms with Crippen molar-refractivity contribution in [2.24, 2.45) is 0 Å². The molecule has 2 rings (SSSR count). The molecule has 4 heteroatoms. The molecule has 1 aliphatic heterocycles. The molecule has 0 bridgehead atoms. The Morgan fingerprint density at radius 1 is 1.38 bits per heavy atom. The molecule has 1 N–H and O–H groups in total. The zero-order chi connectivity index (χ0) is 9.42. The Bertz CT molecular complexity index is 341. The van der Waals surface area contributed by atoms with E-state index in [2.05, 4.69) is 21.2 Å². The van der Waals surface area contributed by atoms with Crippen LogP contribution >= 0.6 is 39.1 Å². The Hall–Kier alpha value is 0.0800. The van der Waals surface area contributed by atoms with Gasteiger partial charge in [0.1, 0.15) is 0 Å². The molecule has 13 heavy (non-hydrogen) atoms. The highest BCUT2D eigenvalue weighted by Crippen LogP contribution is 2.41. The van der Waals surface area contributed by atoms with Crippen LogP contribution in [-0.4, -0.2) is 6.54 Å². The number of anilines is 1. The van der Waals surface area contributed by atoms with E-state index < -0.39 is 0 Å². The number of fused-ring (bicyclic) bond motifs is 1. The molecular weight excluding hydrogens is 273 g/mol. The van der Waals surface area contributed by atoms with Crippen molar-refractivity contribution in [3.05, 3.63) is 27.7 Å². The molecule has 1 aliphatic rings. The summed E-state index contributed by atoms with van der Waals surface area (Å²) >= 11 is 15.6. The summed E-state index contributed by atoms with van der Waals surface area (Å²) in [5.41, 5.74) is 2.17. The Labute approximate surface area is 95.5 Å². The van der Waals surface area contributed by atoms with Crippen molar-refractivity contribution in [2.75, 3.05) is 11.9 Å². The van der Waals surface area contributed by atoms with Crippen LogP contribution in [0.1, 0.15) is 16.8 Å². The largest absolute Gasteiger partial charge is 0.385 e. The number of hydrogen-bond acceptors (Lipinski definition) is 1. The van der Waals surface area contributed by atoms with E-state index in [0.717, 1.165) is 29.2 Å². The van der Waals surface area contributed by atoms with Gasteiger partial charge in [-0.3, -0.25) is 0 Å². The van der Waals surface area contributed by atoms with Crippen LogP contribution < -0.4 is 5.32 Å². The second-order valence-corrected chi connectivity index (χ2v) is 4.98. The molecule has 1 aromatic rings. The minimum atomic E-state index is 0.341. The second kappa shape index (κ2) is 3.68. The first-order chi connectivity index (χ1) is 6.18. The molecule has 1 unspecified atom stereocenters. The molecule has 0 aliphatic carbocycles. The molecule has 1 heterocycles. The first-order valence-corrected chi connectivity index (χ1v) is 5.72. The van der Waals surface area contributed by atoms with Crippen molar-refractivity contribution in [1.82, 2.24) is 0 Å². The molecular formula is C9H8BrCl2N. The predicted molar refractivity (Wildman–Crippen MR) is 61.2 cm³/mol. The van der Waals surface area contributed by atoms with Gasteiger partial charge in [0.05, 0.1) is 0 Å². The lowest BCUT2D eigenvalue weighted by Crippen LogP contribution is -2.13. The van der Waals surface area contributed by atoms with Gasteiger partial charge in [-0.2, -0.15) is 0 Å². The highest BCUT2D eigenvalue weighted by Gasteiger charge is 2.20. The monoisotopic (exact) mass is 279 g/mol. The molecule has 0 spiro atoms. The van der Waals surface area contributed by atoms with Crippen molar-refractivity contribution >= 4 is 44.8 Å². The zero-order valence-electron chi connectivity index (χ0n) is 6.78. The molecule has 0 saturated heterocycles. The summed E-state index contributed by atoms with van der Waals surface area (Å²) < 4.78 is 0. The Morgan fingerprint density at radius 2 is 2.15 bits per heavy atom. The Morgan fingerprint density at radius 3 is 2.92 bits per heavy atom. The highest BCUT2D eigenvalue weighted by molar-refractivity contribution is 9.09. The van der Waals surface area contributed by atoms with Gasteiger partial charge in [0, 0.05) is 32.7 Å². The fourth-order valence-electron chi connectivity index (χ4n) is 1.53. The van der Waals surface area contributed by atoms with Crippen molar-refractivity contribution < 1.29 is 0 Å². The molecule has 0 aromatic heterocycles. The van der Waals surface area contributed by atoms with Crippen molar-refractivity contribution in [1.29, 1.82) is 0 Å². The minimum Gasteiger partial charge on any atom is -0.385 e. The van der Waals surface area contributed by atoms with Gasteiger partial charge in [-0.05, 0) is 18.6 Å². The normalized spacial score (nSPS) is 20.7. The highest BCUT2D eigenvalue weighted by atomic mass is 79.9. The first-order valence-electron chi connectivity index (χ1n) is 4.05. The number of halogens is 3. The summed E-state index contributed by atoms with van der Waals surface area (Å²) in [6.07, 6.45) is 1.05. The molecule has 1 atom stereocenters. The second-order valence-electron chi connectivity index (χ2n) is 3.03. The number of rotatable bonds is 0. The van der Waals surface area contributed by atoms with Gasteiger partial charge in [0.15, 0.2) is 0 Å². The molecule has 70 valence electrons. The van der Waals surface area contributed by atoms with Gasteiger partial charge in [0.25, 0.3) is 0 Å². The van der Waals surface area contributed by atoms with Crippen LogP contribution in [0.5, 0.6) is 0 Å². The third-order valence-corrected chi connectivity index (χ3v) is 3.57. The predicted octanol–water partition coefficient (Wildman–Crippen LogP) is 4.25. The van der Waals surface area contributed by atoms with E-state index in [4.69, 9.17) is 23.2 Å². The van der Waals surface area contributed by atoms with Crippen molar-refractivity contribution in [3.63, 3.8) is 0 Å². The van der Waals surface area contributed by atoms with E-state index in [9.17, 15) is 0 Å². The van der Waals surface area contributed by atoms with Crippen LogP contribution in [0.25, 0.3) is 0 Å². The van der Waals surface area contributed by atoms with Gasteiger partial charge in [-0.15, -0.1) is 0 Å². The van der Waals surface area contributed by atoms with Gasteiger partial charge in [-0.25, -0.2) is 0 Å². The third-order valence-electron chi connectivity index (χ3n) is 2.12. The van der Waals surface area contributed by atoms with Gasteiger partial charge in [0.2, 0.25) is 0 Å². The summed E-state index contributed by atoms with van der Waals surface area (Å²) in [7, 11) is 0. The molecule has 0 amide bonds. The summed E-state index contributed by atoms with van der Waals surface area (Å²) in [6, 6.07) is 3.69. The number of alkyl halides is 1. The van der Waals surface area contributed by atoms with Crippen LogP contribution in [0.3, 0.4) is 0 Å². The summed E-state index contributed by atoms with van der Waals surface area (Å²) in [6.45, 7) is 0.958. The number of hydrogen-bond donors (Lipinski definition) is 1. The van der Waals surface area contributed by atoms with Crippen LogP contribution in [0, 0.1) is 0 Å². The van der Waals surface area contributed by atoms with Crippen molar-refractivity contribution in [3.8, 4) is 0 Å². The lowest BCUT2D eigenvalue weighted by molar-refractivity contribution is 0.823. The molecule has 0 radical (unpaired) electrons. The summed E-state index contributed by atoms with van der Waals surface area (Å²) in [5, 5.41) is 4.69. The van der Waals surface area contributed by atoms with E-state index >= 15 is 0 Å². The lowest BCUT2D eigenvalue weighted by atomic mass is 10.0. The molecule has 1 nitrogen and oxygen atoms in total. The van der Waals surface area contributed by atoms with E-state index in [-0.39, 0.29) is 0 Å². The molecule has 0 saturated carbocycles. The Kier molecular flexibility index (Phi) is 2.72. The van der Waals surface area contributed by atoms with Gasteiger partial charge in [-0.1, -0.05) is 39.1 Å². The first kappa shape index (κ1) is 9.63. The number of benzene rings is 1. The maximum absolute atomic E-state index is 6.09. The molecule has 1 aromatic carbocycles. The van der Waals surface area contributed by atoms with Crippen LogP contribution in [-0.2, 0) is 0 Å². The Balaban J connectivity index is 2.56. The topological polar surface area (TPSA) is 12.0 Å². The van der Waals surface area contributed by atoms with Gasteiger partial charge >= 0.3 is 0 Å². The maximum Gasteiger partial charge on any atom is 0.0484 e. The van der Waals surface area contributed by atoms with E-state index in [1.807, 2.05) is 6.07 Å². The van der Waals surface area contributed by atoms with E-state index in [1.54, 1.807) is 6.07 Å². The minimum absolute atomic E-state index is 0.341. The fourth-order valence-corrected chi connectivity index (χ4v) is 3.01. The number of nitrogens with one attached hydrogen (secondary N) is 1. The molecule has 0 fully saturated rings. The van der Waals surface area contributed by atoms with Crippen LogP contribution in [0.4, 0.5) is 5.69 Å². The quantitative estimate of drug-likeness (QED) is 0.701.